The maximum absolute atomic E-state index is 6.10. The molecule has 1 aromatic carbocycles. The third-order valence-electron chi connectivity index (χ3n) is 4.39. The lowest BCUT2D eigenvalue weighted by atomic mass is 10.2. The number of fused-ring (bicyclic) bond motifs is 1. The van der Waals surface area contributed by atoms with Gasteiger partial charge in [0.05, 0.1) is 16.9 Å². The second kappa shape index (κ2) is 5.74. The lowest BCUT2D eigenvalue weighted by Gasteiger charge is -2.25. The fourth-order valence-electron chi connectivity index (χ4n) is 3.20. The molecule has 0 bridgehead atoms. The Kier molecular flexibility index (Phi) is 3.99. The van der Waals surface area contributed by atoms with Crippen LogP contribution in [0, 0.1) is 6.92 Å². The Morgan fingerprint density at radius 3 is 2.75 bits per heavy atom. The third-order valence-corrected chi connectivity index (χ3v) is 4.63. The molecule has 108 valence electrons. The molecule has 3 rings (SSSR count). The number of aromatic nitrogens is 2. The first-order valence-electron chi connectivity index (χ1n) is 7.45. The normalized spacial score (nSPS) is 17.9. The molecule has 0 N–H and O–H groups in total. The van der Waals surface area contributed by atoms with Gasteiger partial charge >= 0.3 is 0 Å². The number of benzene rings is 1. The van der Waals surface area contributed by atoms with Crippen molar-refractivity contribution in [2.75, 3.05) is 13.1 Å². The number of alkyl halides is 1. The van der Waals surface area contributed by atoms with E-state index in [0.717, 1.165) is 17.9 Å². The largest absolute Gasteiger partial charge is 0.325 e. The highest BCUT2D eigenvalue weighted by atomic mass is 35.5. The molecule has 1 aromatic heterocycles. The van der Waals surface area contributed by atoms with Crippen LogP contribution < -0.4 is 0 Å². The lowest BCUT2D eigenvalue weighted by Crippen LogP contribution is -2.34. The Labute approximate surface area is 125 Å². The molecule has 1 unspecified atom stereocenters. The summed E-state index contributed by atoms with van der Waals surface area (Å²) >= 11 is 6.10. The van der Waals surface area contributed by atoms with Crippen LogP contribution in [0.1, 0.15) is 31.2 Å². The minimum absolute atomic E-state index is 0.473. The predicted molar refractivity (Wildman–Crippen MR) is 84.3 cm³/mol. The van der Waals surface area contributed by atoms with Crippen molar-refractivity contribution in [3.05, 3.63) is 29.6 Å². The molecule has 0 spiro atoms. The van der Waals surface area contributed by atoms with Gasteiger partial charge in [0.2, 0.25) is 0 Å². The van der Waals surface area contributed by atoms with E-state index in [1.165, 1.54) is 37.0 Å². The lowest BCUT2D eigenvalue weighted by molar-refractivity contribution is 0.236. The van der Waals surface area contributed by atoms with Crippen LogP contribution in [0.25, 0.3) is 11.0 Å². The summed E-state index contributed by atoms with van der Waals surface area (Å²) in [4.78, 5) is 7.29. The van der Waals surface area contributed by atoms with Crippen molar-refractivity contribution in [3.63, 3.8) is 0 Å². The SMILES string of the molecule is Cc1cccc2c1nc(CCl)n2CC(C)N1CCCC1. The summed E-state index contributed by atoms with van der Waals surface area (Å²) in [5.41, 5.74) is 3.53. The van der Waals surface area contributed by atoms with Gasteiger partial charge in [0.1, 0.15) is 5.82 Å². The molecule has 0 aliphatic carbocycles. The van der Waals surface area contributed by atoms with Gasteiger partial charge in [-0.2, -0.15) is 0 Å². The van der Waals surface area contributed by atoms with Gasteiger partial charge in [-0.15, -0.1) is 11.6 Å². The van der Waals surface area contributed by atoms with E-state index in [-0.39, 0.29) is 0 Å². The zero-order valence-corrected chi connectivity index (χ0v) is 13.0. The number of rotatable bonds is 4. The second-order valence-electron chi connectivity index (χ2n) is 5.81. The van der Waals surface area contributed by atoms with Gasteiger partial charge in [-0.1, -0.05) is 12.1 Å². The van der Waals surface area contributed by atoms with Gasteiger partial charge < -0.3 is 4.57 Å². The van der Waals surface area contributed by atoms with E-state index in [4.69, 9.17) is 16.6 Å². The van der Waals surface area contributed by atoms with Crippen molar-refractivity contribution in [2.45, 2.75) is 45.2 Å². The molecule has 20 heavy (non-hydrogen) atoms. The topological polar surface area (TPSA) is 21.1 Å². The molecule has 1 aliphatic heterocycles. The van der Waals surface area contributed by atoms with E-state index in [9.17, 15) is 0 Å². The first kappa shape index (κ1) is 13.9. The fourth-order valence-corrected chi connectivity index (χ4v) is 3.41. The summed E-state index contributed by atoms with van der Waals surface area (Å²) in [7, 11) is 0. The van der Waals surface area contributed by atoms with Crippen LogP contribution in [0.15, 0.2) is 18.2 Å². The molecule has 2 aromatic rings. The van der Waals surface area contributed by atoms with Crippen LogP contribution in [0.3, 0.4) is 0 Å². The zero-order chi connectivity index (χ0) is 14.1. The van der Waals surface area contributed by atoms with Crippen molar-refractivity contribution in [1.82, 2.24) is 14.5 Å². The van der Waals surface area contributed by atoms with Crippen LogP contribution in [-0.2, 0) is 12.4 Å². The van der Waals surface area contributed by atoms with Crippen molar-refractivity contribution in [1.29, 1.82) is 0 Å². The number of imidazole rings is 1. The van der Waals surface area contributed by atoms with Gasteiger partial charge in [-0.25, -0.2) is 4.98 Å². The number of para-hydroxylation sites is 1. The molecule has 3 nitrogen and oxygen atoms in total. The number of aryl methyl sites for hydroxylation is 1. The number of hydrogen-bond acceptors (Lipinski definition) is 2. The maximum atomic E-state index is 6.10. The molecular formula is C16H22ClN3. The van der Waals surface area contributed by atoms with Crippen molar-refractivity contribution >= 4 is 22.6 Å². The fraction of sp³-hybridized carbons (Fsp3) is 0.562. The van der Waals surface area contributed by atoms with E-state index in [2.05, 4.69) is 41.5 Å². The summed E-state index contributed by atoms with van der Waals surface area (Å²) in [6, 6.07) is 6.91. The van der Waals surface area contributed by atoms with E-state index in [1.807, 2.05) is 0 Å². The van der Waals surface area contributed by atoms with Crippen LogP contribution in [0.4, 0.5) is 0 Å². The minimum atomic E-state index is 0.473. The Hall–Kier alpha value is -1.06. The standard InChI is InChI=1S/C16H22ClN3/c1-12-6-5-7-14-16(12)18-15(10-17)20(14)11-13(2)19-8-3-4-9-19/h5-7,13H,3-4,8-11H2,1-2H3. The molecule has 0 radical (unpaired) electrons. The molecular weight excluding hydrogens is 270 g/mol. The van der Waals surface area contributed by atoms with Crippen LogP contribution in [-0.4, -0.2) is 33.6 Å². The van der Waals surface area contributed by atoms with Gasteiger partial charge in [-0.3, -0.25) is 4.90 Å². The number of halogens is 1. The number of hydrogen-bond donors (Lipinski definition) is 0. The van der Waals surface area contributed by atoms with E-state index in [0.29, 0.717) is 11.9 Å². The van der Waals surface area contributed by atoms with Crippen LogP contribution in [0.2, 0.25) is 0 Å². The summed E-state index contributed by atoms with van der Waals surface area (Å²) in [6.07, 6.45) is 2.66. The summed E-state index contributed by atoms with van der Waals surface area (Å²) in [5, 5.41) is 0. The highest BCUT2D eigenvalue weighted by Gasteiger charge is 2.20. The molecule has 0 saturated carbocycles. The monoisotopic (exact) mass is 291 g/mol. The Morgan fingerprint density at radius 1 is 1.30 bits per heavy atom. The first-order chi connectivity index (χ1) is 9.70. The number of nitrogens with zero attached hydrogens (tertiary/aromatic N) is 3. The first-order valence-corrected chi connectivity index (χ1v) is 7.99. The Balaban J connectivity index is 1.95. The molecule has 1 fully saturated rings. The quantitative estimate of drug-likeness (QED) is 0.803. The van der Waals surface area contributed by atoms with E-state index >= 15 is 0 Å². The van der Waals surface area contributed by atoms with Crippen molar-refractivity contribution in [2.24, 2.45) is 0 Å². The van der Waals surface area contributed by atoms with Gasteiger partial charge in [-0.05, 0) is 51.4 Å². The molecule has 1 saturated heterocycles. The number of likely N-dealkylation sites (tertiary alicyclic amines) is 1. The average Bonchev–Trinajstić information content (AvgIpc) is 3.07. The predicted octanol–water partition coefficient (Wildman–Crippen LogP) is 3.57. The van der Waals surface area contributed by atoms with Crippen molar-refractivity contribution < 1.29 is 0 Å². The third kappa shape index (κ3) is 2.45. The minimum Gasteiger partial charge on any atom is -0.325 e. The smallest absolute Gasteiger partial charge is 0.124 e. The highest BCUT2D eigenvalue weighted by molar-refractivity contribution is 6.16. The highest BCUT2D eigenvalue weighted by Crippen LogP contribution is 2.22. The maximum Gasteiger partial charge on any atom is 0.124 e. The Bertz CT molecular complexity index is 599. The molecule has 4 heteroatoms. The summed E-state index contributed by atoms with van der Waals surface area (Å²) in [5.74, 6) is 1.46. The van der Waals surface area contributed by atoms with Crippen LogP contribution >= 0.6 is 11.6 Å². The summed E-state index contributed by atoms with van der Waals surface area (Å²) < 4.78 is 2.30. The van der Waals surface area contributed by atoms with E-state index in [1.54, 1.807) is 0 Å². The van der Waals surface area contributed by atoms with Crippen molar-refractivity contribution in [3.8, 4) is 0 Å². The molecule has 1 aliphatic rings. The second-order valence-corrected chi connectivity index (χ2v) is 6.07. The molecule has 2 heterocycles. The molecule has 1 atom stereocenters. The van der Waals surface area contributed by atoms with Gasteiger partial charge in [0.15, 0.2) is 0 Å². The van der Waals surface area contributed by atoms with Gasteiger partial charge in [0, 0.05) is 12.6 Å². The average molecular weight is 292 g/mol. The van der Waals surface area contributed by atoms with E-state index < -0.39 is 0 Å². The van der Waals surface area contributed by atoms with Crippen LogP contribution in [0.5, 0.6) is 0 Å². The van der Waals surface area contributed by atoms with Gasteiger partial charge in [0.25, 0.3) is 0 Å². The Morgan fingerprint density at radius 2 is 2.05 bits per heavy atom. The summed E-state index contributed by atoms with van der Waals surface area (Å²) in [6.45, 7) is 7.85. The molecule has 0 amide bonds. The zero-order valence-electron chi connectivity index (χ0n) is 12.3.